The molecule has 0 aliphatic heterocycles. The Bertz CT molecular complexity index is 1120. The minimum Gasteiger partial charge on any atom is -0.489 e. The molecule has 0 spiro atoms. The Hall–Kier alpha value is -3.04. The highest BCUT2D eigenvalue weighted by atomic mass is 35.5. The van der Waals surface area contributed by atoms with Gasteiger partial charge < -0.3 is 9.15 Å². The van der Waals surface area contributed by atoms with Gasteiger partial charge in [-0.05, 0) is 29.3 Å². The predicted octanol–water partition coefficient (Wildman–Crippen LogP) is 5.69. The standard InChI is InChI=1S/C22H15ClO3/c23-20-9-5-4-8-16(20)14-25-17-10-11-18-19(15-6-2-1-3-7-15)13-22(24)26-21(18)12-17/h1-13H,14H2. The molecule has 3 nitrogen and oxygen atoms in total. The SMILES string of the molecule is O=c1cc(-c2ccccc2)c2ccc(OCc3ccccc3Cl)cc2o1. The highest BCUT2D eigenvalue weighted by molar-refractivity contribution is 6.31. The van der Waals surface area contributed by atoms with Gasteiger partial charge in [-0.3, -0.25) is 0 Å². The highest BCUT2D eigenvalue weighted by Crippen LogP contribution is 2.30. The smallest absolute Gasteiger partial charge is 0.336 e. The Labute approximate surface area is 155 Å². The van der Waals surface area contributed by atoms with E-state index in [1.54, 1.807) is 6.07 Å². The minimum atomic E-state index is -0.389. The van der Waals surface area contributed by atoms with Crippen LogP contribution in [0.1, 0.15) is 5.56 Å². The van der Waals surface area contributed by atoms with E-state index in [0.29, 0.717) is 23.0 Å². The maximum atomic E-state index is 12.0. The second kappa shape index (κ2) is 7.06. The molecule has 0 saturated carbocycles. The molecule has 0 fully saturated rings. The summed E-state index contributed by atoms with van der Waals surface area (Å²) in [6.07, 6.45) is 0. The number of halogens is 1. The van der Waals surface area contributed by atoms with E-state index in [0.717, 1.165) is 22.1 Å². The summed E-state index contributed by atoms with van der Waals surface area (Å²) in [5.74, 6) is 0.616. The van der Waals surface area contributed by atoms with Crippen LogP contribution in [0.25, 0.3) is 22.1 Å². The van der Waals surface area contributed by atoms with Crippen molar-refractivity contribution in [3.05, 3.63) is 99.9 Å². The molecule has 0 radical (unpaired) electrons. The van der Waals surface area contributed by atoms with Crippen LogP contribution >= 0.6 is 11.6 Å². The summed E-state index contributed by atoms with van der Waals surface area (Å²) in [4.78, 5) is 12.0. The Balaban J connectivity index is 1.70. The molecule has 4 rings (SSSR count). The zero-order valence-corrected chi connectivity index (χ0v) is 14.6. The molecule has 0 unspecified atom stereocenters. The van der Waals surface area contributed by atoms with Crippen molar-refractivity contribution >= 4 is 22.6 Å². The fourth-order valence-electron chi connectivity index (χ4n) is 2.87. The third-order valence-corrected chi connectivity index (χ3v) is 4.52. The van der Waals surface area contributed by atoms with Crippen LogP contribution in [0.15, 0.2) is 88.1 Å². The molecule has 0 atom stereocenters. The highest BCUT2D eigenvalue weighted by Gasteiger charge is 2.09. The van der Waals surface area contributed by atoms with Crippen LogP contribution in [-0.2, 0) is 6.61 Å². The fraction of sp³-hybridized carbons (Fsp3) is 0.0455. The first-order valence-electron chi connectivity index (χ1n) is 8.20. The molecule has 4 heteroatoms. The number of hydrogen-bond acceptors (Lipinski definition) is 3. The monoisotopic (exact) mass is 362 g/mol. The lowest BCUT2D eigenvalue weighted by atomic mass is 10.0. The van der Waals surface area contributed by atoms with Crippen molar-refractivity contribution in [3.8, 4) is 16.9 Å². The molecule has 26 heavy (non-hydrogen) atoms. The van der Waals surface area contributed by atoms with Gasteiger partial charge in [0.25, 0.3) is 0 Å². The van der Waals surface area contributed by atoms with Crippen molar-refractivity contribution in [2.24, 2.45) is 0 Å². The maximum Gasteiger partial charge on any atom is 0.336 e. The lowest BCUT2D eigenvalue weighted by Crippen LogP contribution is -1.99. The van der Waals surface area contributed by atoms with Crippen LogP contribution in [0.3, 0.4) is 0 Å². The van der Waals surface area contributed by atoms with Gasteiger partial charge in [-0.25, -0.2) is 4.79 Å². The number of fused-ring (bicyclic) bond motifs is 1. The van der Waals surface area contributed by atoms with Crippen LogP contribution < -0.4 is 10.4 Å². The quantitative estimate of drug-likeness (QED) is 0.437. The zero-order chi connectivity index (χ0) is 17.9. The lowest BCUT2D eigenvalue weighted by Gasteiger charge is -2.10. The van der Waals surface area contributed by atoms with Crippen LogP contribution in [0.4, 0.5) is 0 Å². The van der Waals surface area contributed by atoms with Gasteiger partial charge in [0, 0.05) is 28.1 Å². The normalized spacial score (nSPS) is 10.8. The first-order valence-corrected chi connectivity index (χ1v) is 8.58. The van der Waals surface area contributed by atoms with Crippen molar-refractivity contribution < 1.29 is 9.15 Å². The Kier molecular flexibility index (Phi) is 4.46. The van der Waals surface area contributed by atoms with E-state index in [1.165, 1.54) is 6.07 Å². The molecule has 1 heterocycles. The molecule has 3 aromatic carbocycles. The van der Waals surface area contributed by atoms with Gasteiger partial charge in [0.15, 0.2) is 0 Å². The summed E-state index contributed by atoms with van der Waals surface area (Å²) >= 11 is 6.16. The van der Waals surface area contributed by atoms with Crippen LogP contribution in [-0.4, -0.2) is 0 Å². The summed E-state index contributed by atoms with van der Waals surface area (Å²) in [6.45, 7) is 0.341. The van der Waals surface area contributed by atoms with Crippen LogP contribution in [0, 0.1) is 0 Å². The first kappa shape index (κ1) is 16.4. The van der Waals surface area contributed by atoms with Crippen molar-refractivity contribution in [2.75, 3.05) is 0 Å². The van der Waals surface area contributed by atoms with E-state index in [1.807, 2.05) is 66.7 Å². The summed E-state index contributed by atoms with van der Waals surface area (Å²) < 4.78 is 11.2. The number of rotatable bonds is 4. The molecule has 128 valence electrons. The summed E-state index contributed by atoms with van der Waals surface area (Å²) in [7, 11) is 0. The van der Waals surface area contributed by atoms with Crippen molar-refractivity contribution in [2.45, 2.75) is 6.61 Å². The van der Waals surface area contributed by atoms with E-state index in [4.69, 9.17) is 20.8 Å². The Morgan fingerprint density at radius 3 is 2.46 bits per heavy atom. The fourth-order valence-corrected chi connectivity index (χ4v) is 3.06. The third-order valence-electron chi connectivity index (χ3n) is 4.15. The van der Waals surface area contributed by atoms with Crippen LogP contribution in [0.2, 0.25) is 5.02 Å². The molecule has 0 aliphatic carbocycles. The third kappa shape index (κ3) is 3.35. The first-order chi connectivity index (χ1) is 12.7. The average molecular weight is 363 g/mol. The zero-order valence-electron chi connectivity index (χ0n) is 13.8. The molecule has 4 aromatic rings. The van der Waals surface area contributed by atoms with Gasteiger partial charge in [0.1, 0.15) is 17.9 Å². The maximum absolute atomic E-state index is 12.0. The lowest BCUT2D eigenvalue weighted by molar-refractivity contribution is 0.306. The van der Waals surface area contributed by atoms with E-state index in [9.17, 15) is 4.79 Å². The predicted molar refractivity (Wildman–Crippen MR) is 104 cm³/mol. The molecule has 0 saturated heterocycles. The van der Waals surface area contributed by atoms with E-state index >= 15 is 0 Å². The van der Waals surface area contributed by atoms with Gasteiger partial charge in [-0.1, -0.05) is 60.1 Å². The number of hydrogen-bond donors (Lipinski definition) is 0. The van der Waals surface area contributed by atoms with Crippen LogP contribution in [0.5, 0.6) is 5.75 Å². The molecule has 0 amide bonds. The van der Waals surface area contributed by atoms with E-state index in [-0.39, 0.29) is 5.63 Å². The molecule has 0 bridgehead atoms. The molecule has 0 N–H and O–H groups in total. The van der Waals surface area contributed by atoms with Crippen molar-refractivity contribution in [3.63, 3.8) is 0 Å². The topological polar surface area (TPSA) is 39.4 Å². The number of ether oxygens (including phenoxy) is 1. The van der Waals surface area contributed by atoms with E-state index < -0.39 is 0 Å². The minimum absolute atomic E-state index is 0.341. The Morgan fingerprint density at radius 2 is 1.65 bits per heavy atom. The summed E-state index contributed by atoms with van der Waals surface area (Å²) in [5, 5.41) is 1.52. The van der Waals surface area contributed by atoms with Gasteiger partial charge in [-0.2, -0.15) is 0 Å². The van der Waals surface area contributed by atoms with Crippen molar-refractivity contribution in [1.82, 2.24) is 0 Å². The van der Waals surface area contributed by atoms with Gasteiger partial charge in [-0.15, -0.1) is 0 Å². The summed E-state index contributed by atoms with van der Waals surface area (Å²) in [6, 6.07) is 24.3. The molecular weight excluding hydrogens is 348 g/mol. The molecule has 1 aromatic heterocycles. The molecular formula is C22H15ClO3. The largest absolute Gasteiger partial charge is 0.489 e. The average Bonchev–Trinajstić information content (AvgIpc) is 2.67. The summed E-state index contributed by atoms with van der Waals surface area (Å²) in [5.41, 5.74) is 2.81. The second-order valence-electron chi connectivity index (χ2n) is 5.88. The Morgan fingerprint density at radius 1 is 0.885 bits per heavy atom. The van der Waals surface area contributed by atoms with Crippen molar-refractivity contribution in [1.29, 1.82) is 0 Å². The second-order valence-corrected chi connectivity index (χ2v) is 6.29. The van der Waals surface area contributed by atoms with Gasteiger partial charge in [0.05, 0.1) is 0 Å². The van der Waals surface area contributed by atoms with E-state index in [2.05, 4.69) is 0 Å². The van der Waals surface area contributed by atoms with Gasteiger partial charge in [0.2, 0.25) is 0 Å². The number of benzene rings is 3. The molecule has 0 aliphatic rings. The van der Waals surface area contributed by atoms with Gasteiger partial charge >= 0.3 is 5.63 Å².